The molecule has 5 rings (SSSR count). The minimum Gasteiger partial charge on any atom is -0.475 e. The molecule has 1 heterocycles. The third kappa shape index (κ3) is 7.24. The van der Waals surface area contributed by atoms with Crippen molar-refractivity contribution in [2.75, 3.05) is 5.73 Å². The molecule has 0 saturated heterocycles. The number of benzene rings is 4. The van der Waals surface area contributed by atoms with E-state index in [1.54, 1.807) is 0 Å². The molecule has 0 amide bonds. The molecule has 0 bridgehead atoms. The van der Waals surface area contributed by atoms with Crippen LogP contribution in [-0.4, -0.2) is 27.2 Å². The van der Waals surface area contributed by atoms with Gasteiger partial charge in [0.05, 0.1) is 11.0 Å². The molecule has 0 radical (unpaired) electrons. The van der Waals surface area contributed by atoms with E-state index in [9.17, 15) is 13.2 Å². The van der Waals surface area contributed by atoms with Crippen LogP contribution in [0.25, 0.3) is 33.5 Å². The number of fused-ring (bicyclic) bond motifs is 1. The molecular formula is C30H27F3N4O2. The zero-order valence-corrected chi connectivity index (χ0v) is 21.1. The van der Waals surface area contributed by atoms with Crippen molar-refractivity contribution in [1.29, 1.82) is 0 Å². The zero-order chi connectivity index (χ0) is 28.0. The van der Waals surface area contributed by atoms with Gasteiger partial charge in [-0.25, -0.2) is 9.78 Å². The molecule has 0 fully saturated rings. The fourth-order valence-electron chi connectivity index (χ4n) is 4.07. The molecule has 0 spiro atoms. The van der Waals surface area contributed by atoms with Crippen LogP contribution in [0.1, 0.15) is 16.7 Å². The van der Waals surface area contributed by atoms with Crippen LogP contribution in [0.3, 0.4) is 0 Å². The van der Waals surface area contributed by atoms with Gasteiger partial charge in [-0.1, -0.05) is 60.7 Å². The summed E-state index contributed by atoms with van der Waals surface area (Å²) >= 11 is 0. The van der Waals surface area contributed by atoms with E-state index < -0.39 is 12.1 Å². The van der Waals surface area contributed by atoms with Crippen molar-refractivity contribution in [2.24, 2.45) is 0 Å². The number of carbonyl (C=O) groups is 1. The molecule has 0 aliphatic heterocycles. The Bertz CT molecular complexity index is 1600. The largest absolute Gasteiger partial charge is 0.490 e. The third-order valence-electron chi connectivity index (χ3n) is 5.96. The quantitative estimate of drug-likeness (QED) is 0.182. The molecule has 4 aromatic carbocycles. The van der Waals surface area contributed by atoms with Gasteiger partial charge in [-0.3, -0.25) is 0 Å². The number of hydrogen-bond acceptors (Lipinski definition) is 4. The third-order valence-corrected chi connectivity index (χ3v) is 5.96. The monoisotopic (exact) mass is 532 g/mol. The highest BCUT2D eigenvalue weighted by Gasteiger charge is 2.38. The number of aryl methyl sites for hydroxylation is 1. The summed E-state index contributed by atoms with van der Waals surface area (Å²) in [6.07, 6.45) is -5.08. The summed E-state index contributed by atoms with van der Waals surface area (Å²) in [4.78, 5) is 17.2. The number of halogens is 3. The smallest absolute Gasteiger partial charge is 0.475 e. The first kappa shape index (κ1) is 27.4. The summed E-state index contributed by atoms with van der Waals surface area (Å²) in [7, 11) is 0. The standard InChI is InChI=1S/C28H26N4.C2HF3O2/c1-19-6-2-13-26-27(19)32-28(31-26)24-11-5-10-23(16-24)22-9-3-7-20(14-22)17-30-18-21-8-4-12-25(29)15-21;3-2(4,5)1(6)7/h2-16,30H,17-18,29H2,1H3,(H,31,32);(H,6,7). The van der Waals surface area contributed by atoms with Crippen LogP contribution in [0.2, 0.25) is 0 Å². The number of aromatic nitrogens is 2. The zero-order valence-electron chi connectivity index (χ0n) is 21.1. The molecule has 0 aliphatic rings. The van der Waals surface area contributed by atoms with E-state index in [0.29, 0.717) is 0 Å². The first-order valence-electron chi connectivity index (χ1n) is 12.1. The van der Waals surface area contributed by atoms with Crippen LogP contribution in [0.15, 0.2) is 91.0 Å². The number of aliphatic carboxylic acids is 1. The molecule has 0 aliphatic carbocycles. The van der Waals surface area contributed by atoms with Crippen LogP contribution in [-0.2, 0) is 17.9 Å². The molecular weight excluding hydrogens is 505 g/mol. The molecule has 5 N–H and O–H groups in total. The molecule has 1 aromatic heterocycles. The summed E-state index contributed by atoms with van der Waals surface area (Å²) < 4.78 is 31.7. The number of carboxylic acids is 1. The molecule has 0 saturated carbocycles. The van der Waals surface area contributed by atoms with Crippen LogP contribution < -0.4 is 11.1 Å². The van der Waals surface area contributed by atoms with Crippen molar-refractivity contribution in [3.8, 4) is 22.5 Å². The second-order valence-electron chi connectivity index (χ2n) is 8.99. The molecule has 200 valence electrons. The lowest BCUT2D eigenvalue weighted by atomic mass is 10.0. The normalized spacial score (nSPS) is 11.2. The molecule has 5 aromatic rings. The summed E-state index contributed by atoms with van der Waals surface area (Å²) in [5.74, 6) is -1.86. The maximum absolute atomic E-state index is 10.6. The SMILES string of the molecule is Cc1cccc2[nH]c(-c3cccc(-c4cccc(CNCc5cccc(N)c5)c4)c3)nc12.O=C(O)C(F)(F)F. The minimum atomic E-state index is -5.08. The van der Waals surface area contributed by atoms with Gasteiger partial charge in [0.1, 0.15) is 5.82 Å². The average molecular weight is 533 g/mol. The highest BCUT2D eigenvalue weighted by atomic mass is 19.4. The maximum Gasteiger partial charge on any atom is 0.490 e. The Kier molecular flexibility index (Phi) is 8.31. The van der Waals surface area contributed by atoms with Gasteiger partial charge in [0.25, 0.3) is 0 Å². The van der Waals surface area contributed by atoms with E-state index in [0.717, 1.165) is 41.2 Å². The number of H-pyrrole nitrogens is 1. The number of carboxylic acid groups (broad SMARTS) is 1. The van der Waals surface area contributed by atoms with Gasteiger partial charge in [0.2, 0.25) is 0 Å². The molecule has 6 nitrogen and oxygen atoms in total. The van der Waals surface area contributed by atoms with Crippen molar-refractivity contribution in [2.45, 2.75) is 26.2 Å². The number of nitrogens with one attached hydrogen (secondary N) is 2. The Morgan fingerprint density at radius 3 is 2.08 bits per heavy atom. The molecule has 0 unspecified atom stereocenters. The van der Waals surface area contributed by atoms with Gasteiger partial charge >= 0.3 is 12.1 Å². The first-order valence-corrected chi connectivity index (χ1v) is 12.1. The number of nitrogens with two attached hydrogens (primary N) is 1. The van der Waals surface area contributed by atoms with Gasteiger partial charge < -0.3 is 21.1 Å². The predicted octanol–water partition coefficient (Wildman–Crippen LogP) is 6.71. The van der Waals surface area contributed by atoms with Crippen molar-refractivity contribution < 1.29 is 23.1 Å². The van der Waals surface area contributed by atoms with Gasteiger partial charge in [0.15, 0.2) is 0 Å². The van der Waals surface area contributed by atoms with Crippen LogP contribution >= 0.6 is 0 Å². The van der Waals surface area contributed by atoms with Gasteiger partial charge in [0, 0.05) is 24.3 Å². The highest BCUT2D eigenvalue weighted by Crippen LogP contribution is 2.28. The van der Waals surface area contributed by atoms with E-state index in [1.807, 2.05) is 18.2 Å². The van der Waals surface area contributed by atoms with Gasteiger partial charge in [-0.2, -0.15) is 13.2 Å². The topological polar surface area (TPSA) is 104 Å². The number of imidazole rings is 1. The molecule has 9 heteroatoms. The van der Waals surface area contributed by atoms with Gasteiger partial charge in [-0.15, -0.1) is 0 Å². The molecule has 0 atom stereocenters. The van der Waals surface area contributed by atoms with Crippen molar-refractivity contribution in [1.82, 2.24) is 15.3 Å². The van der Waals surface area contributed by atoms with Gasteiger partial charge in [-0.05, 0) is 65.1 Å². The Labute approximate surface area is 223 Å². The van der Waals surface area contributed by atoms with Crippen LogP contribution in [0.4, 0.5) is 18.9 Å². The number of nitrogens with zero attached hydrogens (tertiary/aromatic N) is 1. The number of hydrogen-bond donors (Lipinski definition) is 4. The average Bonchev–Trinajstić information content (AvgIpc) is 3.35. The number of alkyl halides is 3. The second-order valence-corrected chi connectivity index (χ2v) is 8.99. The van der Waals surface area contributed by atoms with E-state index in [-0.39, 0.29) is 0 Å². The minimum absolute atomic E-state index is 0.788. The number of rotatable bonds is 6. The van der Waals surface area contributed by atoms with Crippen LogP contribution in [0.5, 0.6) is 0 Å². The van der Waals surface area contributed by atoms with Crippen molar-refractivity contribution >= 4 is 22.7 Å². The Morgan fingerprint density at radius 2 is 1.44 bits per heavy atom. The maximum atomic E-state index is 10.6. The van der Waals surface area contributed by atoms with Crippen molar-refractivity contribution in [3.63, 3.8) is 0 Å². The number of aromatic amines is 1. The Morgan fingerprint density at radius 1 is 0.872 bits per heavy atom. The van der Waals surface area contributed by atoms with Crippen molar-refractivity contribution in [3.05, 3.63) is 108 Å². The predicted molar refractivity (Wildman–Crippen MR) is 147 cm³/mol. The summed E-state index contributed by atoms with van der Waals surface area (Å²) in [5, 5.41) is 10.6. The second kappa shape index (κ2) is 11.8. The lowest BCUT2D eigenvalue weighted by Crippen LogP contribution is -2.21. The fraction of sp³-hybridized carbons (Fsp3) is 0.133. The van der Waals surface area contributed by atoms with E-state index in [2.05, 4.69) is 90.0 Å². The summed E-state index contributed by atoms with van der Waals surface area (Å²) in [5.41, 5.74) is 15.8. The first-order chi connectivity index (χ1) is 18.6. The summed E-state index contributed by atoms with van der Waals surface area (Å²) in [6.45, 7) is 3.68. The Hall–Kier alpha value is -4.63. The summed E-state index contributed by atoms with van der Waals surface area (Å²) in [6, 6.07) is 31.4. The number of para-hydroxylation sites is 1. The van der Waals surface area contributed by atoms with Crippen LogP contribution in [0, 0.1) is 6.92 Å². The Balaban J connectivity index is 0.000000448. The van der Waals surface area contributed by atoms with E-state index in [1.165, 1.54) is 27.8 Å². The lowest BCUT2D eigenvalue weighted by Gasteiger charge is -2.09. The number of nitrogen functional groups attached to an aromatic ring is 1. The molecule has 39 heavy (non-hydrogen) atoms. The number of anilines is 1. The van der Waals surface area contributed by atoms with E-state index in [4.69, 9.17) is 20.6 Å². The lowest BCUT2D eigenvalue weighted by molar-refractivity contribution is -0.192. The fourth-order valence-corrected chi connectivity index (χ4v) is 4.07. The highest BCUT2D eigenvalue weighted by molar-refractivity contribution is 5.83. The van der Waals surface area contributed by atoms with E-state index >= 15 is 0 Å².